The summed E-state index contributed by atoms with van der Waals surface area (Å²) < 4.78 is 49.4. The van der Waals surface area contributed by atoms with Crippen molar-refractivity contribution >= 4 is 5.91 Å². The maximum absolute atomic E-state index is 13.0. The number of ether oxygens (including phenoxy) is 1. The van der Waals surface area contributed by atoms with Gasteiger partial charge in [-0.3, -0.25) is 4.79 Å². The van der Waals surface area contributed by atoms with Crippen LogP contribution in [0.5, 0.6) is 0 Å². The van der Waals surface area contributed by atoms with Gasteiger partial charge in [0.25, 0.3) is 0 Å². The van der Waals surface area contributed by atoms with Gasteiger partial charge in [0.15, 0.2) is 0 Å². The van der Waals surface area contributed by atoms with Crippen molar-refractivity contribution in [3.05, 3.63) is 108 Å². The first kappa shape index (κ1) is 26.1. The molecule has 192 valence electrons. The molecule has 4 aromatic rings. The van der Waals surface area contributed by atoms with E-state index in [-0.39, 0.29) is 24.2 Å². The fourth-order valence-electron chi connectivity index (χ4n) is 3.70. The standard InChI is InChI=1S/C28H26F3N3O3/c29-28(30,31)24-13-11-23(12-14-24)27-32-25(37-33-27)16-18-34(17-15-21-7-3-1-4-8-21)26(35)20-36-19-22-9-5-2-6-10-22/h1-14H,15-20H2. The van der Waals surface area contributed by atoms with Gasteiger partial charge in [0.2, 0.25) is 17.6 Å². The molecule has 1 amide bonds. The number of rotatable bonds is 11. The van der Waals surface area contributed by atoms with Gasteiger partial charge in [0.05, 0.1) is 12.2 Å². The van der Waals surface area contributed by atoms with E-state index in [0.717, 1.165) is 23.3 Å². The van der Waals surface area contributed by atoms with Crippen LogP contribution in [-0.2, 0) is 35.2 Å². The molecule has 0 fully saturated rings. The number of hydrogen-bond acceptors (Lipinski definition) is 5. The highest BCUT2D eigenvalue weighted by atomic mass is 19.4. The summed E-state index contributed by atoms with van der Waals surface area (Å²) in [6.07, 6.45) is -3.44. The zero-order valence-electron chi connectivity index (χ0n) is 20.0. The van der Waals surface area contributed by atoms with Gasteiger partial charge in [0, 0.05) is 25.1 Å². The first-order chi connectivity index (χ1) is 17.9. The molecule has 3 aromatic carbocycles. The molecule has 9 heteroatoms. The monoisotopic (exact) mass is 509 g/mol. The van der Waals surface area contributed by atoms with Gasteiger partial charge in [-0.05, 0) is 29.7 Å². The quantitative estimate of drug-likeness (QED) is 0.264. The molecule has 0 aliphatic rings. The molecule has 0 aliphatic heterocycles. The Morgan fingerprint density at radius 1 is 0.838 bits per heavy atom. The number of nitrogens with zero attached hydrogens (tertiary/aromatic N) is 3. The molecule has 0 radical (unpaired) electrons. The van der Waals surface area contributed by atoms with Crippen LogP contribution < -0.4 is 0 Å². The SMILES string of the molecule is O=C(COCc1ccccc1)N(CCc1ccccc1)CCc1nc(-c2ccc(C(F)(F)F)cc2)no1. The summed E-state index contributed by atoms with van der Waals surface area (Å²) >= 11 is 0. The lowest BCUT2D eigenvalue weighted by Crippen LogP contribution is -2.37. The molecule has 0 unspecified atom stereocenters. The van der Waals surface area contributed by atoms with E-state index in [4.69, 9.17) is 9.26 Å². The Balaban J connectivity index is 1.36. The fraction of sp³-hybridized carbons (Fsp3) is 0.250. The molecule has 1 heterocycles. The molecular weight excluding hydrogens is 483 g/mol. The largest absolute Gasteiger partial charge is 0.416 e. The lowest BCUT2D eigenvalue weighted by atomic mass is 10.1. The molecule has 0 atom stereocenters. The third-order valence-electron chi connectivity index (χ3n) is 5.74. The third-order valence-corrected chi connectivity index (χ3v) is 5.74. The van der Waals surface area contributed by atoms with E-state index >= 15 is 0 Å². The van der Waals surface area contributed by atoms with E-state index < -0.39 is 11.7 Å². The highest BCUT2D eigenvalue weighted by molar-refractivity contribution is 5.77. The van der Waals surface area contributed by atoms with E-state index in [9.17, 15) is 18.0 Å². The Morgan fingerprint density at radius 3 is 2.11 bits per heavy atom. The minimum atomic E-state index is -4.42. The summed E-state index contributed by atoms with van der Waals surface area (Å²) in [6.45, 7) is 1.08. The highest BCUT2D eigenvalue weighted by Crippen LogP contribution is 2.30. The van der Waals surface area contributed by atoms with Gasteiger partial charge in [0.1, 0.15) is 6.61 Å². The number of alkyl halides is 3. The number of halogens is 3. The summed E-state index contributed by atoms with van der Waals surface area (Å²) in [4.78, 5) is 18.9. The predicted octanol–water partition coefficient (Wildman–Crippen LogP) is 5.59. The Labute approximate surface area is 212 Å². The van der Waals surface area contributed by atoms with Gasteiger partial charge >= 0.3 is 6.18 Å². The van der Waals surface area contributed by atoms with Crippen LogP contribution >= 0.6 is 0 Å². The van der Waals surface area contributed by atoms with Crippen molar-refractivity contribution in [3.63, 3.8) is 0 Å². The van der Waals surface area contributed by atoms with Crippen molar-refractivity contribution in [2.45, 2.75) is 25.6 Å². The summed E-state index contributed by atoms with van der Waals surface area (Å²) in [6, 6.07) is 24.0. The van der Waals surface area contributed by atoms with Crippen molar-refractivity contribution in [1.29, 1.82) is 0 Å². The van der Waals surface area contributed by atoms with Gasteiger partial charge in [-0.25, -0.2) is 0 Å². The number of carbonyl (C=O) groups is 1. The van der Waals surface area contributed by atoms with E-state index in [1.807, 2.05) is 60.7 Å². The summed E-state index contributed by atoms with van der Waals surface area (Å²) in [5.74, 6) is 0.323. The third kappa shape index (κ3) is 7.75. The molecule has 0 saturated carbocycles. The minimum Gasteiger partial charge on any atom is -0.367 e. The van der Waals surface area contributed by atoms with E-state index in [0.29, 0.717) is 38.1 Å². The van der Waals surface area contributed by atoms with Crippen LogP contribution in [0.3, 0.4) is 0 Å². The molecule has 0 saturated heterocycles. The van der Waals surface area contributed by atoms with Crippen LogP contribution in [0.15, 0.2) is 89.5 Å². The van der Waals surface area contributed by atoms with Crippen LogP contribution in [0.2, 0.25) is 0 Å². The zero-order chi connectivity index (χ0) is 26.1. The number of benzene rings is 3. The summed E-state index contributed by atoms with van der Waals surface area (Å²) in [7, 11) is 0. The van der Waals surface area contributed by atoms with Crippen LogP contribution in [0.25, 0.3) is 11.4 Å². The van der Waals surface area contributed by atoms with Crippen LogP contribution in [-0.4, -0.2) is 40.6 Å². The van der Waals surface area contributed by atoms with E-state index in [2.05, 4.69) is 10.1 Å². The Bertz CT molecular complexity index is 1260. The lowest BCUT2D eigenvalue weighted by molar-refractivity contribution is -0.138. The molecule has 1 aromatic heterocycles. The topological polar surface area (TPSA) is 68.5 Å². The van der Waals surface area contributed by atoms with Gasteiger partial charge in [-0.1, -0.05) is 78.0 Å². The number of hydrogen-bond donors (Lipinski definition) is 0. The van der Waals surface area contributed by atoms with E-state index in [1.54, 1.807) is 4.90 Å². The van der Waals surface area contributed by atoms with Gasteiger partial charge in [-0.2, -0.15) is 18.2 Å². The number of carbonyl (C=O) groups excluding carboxylic acids is 1. The van der Waals surface area contributed by atoms with Gasteiger partial charge < -0.3 is 14.2 Å². The minimum absolute atomic E-state index is 0.0652. The van der Waals surface area contributed by atoms with Crippen molar-refractivity contribution in [1.82, 2.24) is 15.0 Å². The smallest absolute Gasteiger partial charge is 0.367 e. The highest BCUT2D eigenvalue weighted by Gasteiger charge is 2.30. The molecule has 0 spiro atoms. The Hall–Kier alpha value is -3.98. The molecule has 0 N–H and O–H groups in total. The maximum Gasteiger partial charge on any atom is 0.416 e. The Kier molecular flexibility index (Phi) is 8.68. The normalized spacial score (nSPS) is 11.4. The first-order valence-corrected chi connectivity index (χ1v) is 11.8. The molecule has 37 heavy (non-hydrogen) atoms. The zero-order valence-corrected chi connectivity index (χ0v) is 20.0. The molecule has 0 aliphatic carbocycles. The lowest BCUT2D eigenvalue weighted by Gasteiger charge is -2.22. The Morgan fingerprint density at radius 2 is 1.46 bits per heavy atom. The van der Waals surface area contributed by atoms with Gasteiger partial charge in [-0.15, -0.1) is 0 Å². The summed E-state index contributed by atoms with van der Waals surface area (Å²) in [5, 5.41) is 3.88. The number of aromatic nitrogens is 2. The molecule has 6 nitrogen and oxygen atoms in total. The average Bonchev–Trinajstić information content (AvgIpc) is 3.38. The maximum atomic E-state index is 13.0. The second-order valence-electron chi connectivity index (χ2n) is 8.43. The fourth-order valence-corrected chi connectivity index (χ4v) is 3.70. The second kappa shape index (κ2) is 12.3. The predicted molar refractivity (Wildman–Crippen MR) is 131 cm³/mol. The van der Waals surface area contributed by atoms with Crippen molar-refractivity contribution in [3.8, 4) is 11.4 Å². The number of amides is 1. The van der Waals surface area contributed by atoms with Crippen molar-refractivity contribution in [2.24, 2.45) is 0 Å². The first-order valence-electron chi connectivity index (χ1n) is 11.8. The second-order valence-corrected chi connectivity index (χ2v) is 8.43. The van der Waals surface area contributed by atoms with Crippen LogP contribution in [0, 0.1) is 0 Å². The van der Waals surface area contributed by atoms with Crippen LogP contribution in [0.4, 0.5) is 13.2 Å². The molecular formula is C28H26F3N3O3. The molecule has 4 rings (SSSR count). The van der Waals surface area contributed by atoms with E-state index in [1.165, 1.54) is 12.1 Å². The van der Waals surface area contributed by atoms with Crippen molar-refractivity contribution < 1.29 is 27.2 Å². The van der Waals surface area contributed by atoms with Crippen molar-refractivity contribution in [2.75, 3.05) is 19.7 Å². The van der Waals surface area contributed by atoms with Crippen LogP contribution in [0.1, 0.15) is 22.6 Å². The average molecular weight is 510 g/mol. The summed E-state index contributed by atoms with van der Waals surface area (Å²) in [5.41, 5.74) is 1.75. The molecule has 0 bridgehead atoms.